The molecule has 0 spiro atoms. The molecule has 5 heteroatoms. The molecule has 2 atom stereocenters. The smallest absolute Gasteiger partial charge is 0.120 e. The van der Waals surface area contributed by atoms with Gasteiger partial charge in [0.05, 0.1) is 6.04 Å². The van der Waals surface area contributed by atoms with Gasteiger partial charge in [-0.3, -0.25) is 0 Å². The number of thiazole rings is 1. The number of hydrogen-bond acceptors (Lipinski definition) is 5. The van der Waals surface area contributed by atoms with Crippen LogP contribution in [-0.2, 0) is 0 Å². The third-order valence-electron chi connectivity index (χ3n) is 2.98. The van der Waals surface area contributed by atoms with E-state index in [1.807, 2.05) is 26.2 Å². The van der Waals surface area contributed by atoms with Gasteiger partial charge in [-0.25, -0.2) is 4.98 Å². The van der Waals surface area contributed by atoms with E-state index in [1.54, 1.807) is 17.4 Å². The first-order chi connectivity index (χ1) is 8.97. The zero-order chi connectivity index (χ0) is 14.0. The quantitative estimate of drug-likeness (QED) is 0.751. The van der Waals surface area contributed by atoms with Gasteiger partial charge in [-0.15, -0.1) is 11.3 Å². The molecule has 0 bridgehead atoms. The van der Waals surface area contributed by atoms with Gasteiger partial charge in [-0.05, 0) is 39.0 Å². The number of nitrogens with zero attached hydrogens (tertiary/aromatic N) is 1. The molecule has 0 saturated heterocycles. The molecule has 2 unspecified atom stereocenters. The highest BCUT2D eigenvalue weighted by Gasteiger charge is 2.16. The first-order valence-corrected chi connectivity index (χ1v) is 7.05. The average molecular weight is 278 g/mol. The standard InChI is InChI=1S/C14H18N2O2S/c1-8-7-19-14(15-8)10(3)16-9(2)12-6-11(17)4-5-13(12)18/h4-7,9-10,16-18H,1-3H3. The lowest BCUT2D eigenvalue weighted by Crippen LogP contribution is -2.22. The van der Waals surface area contributed by atoms with Crippen LogP contribution in [0.2, 0.25) is 0 Å². The summed E-state index contributed by atoms with van der Waals surface area (Å²) in [6, 6.07) is 4.56. The Balaban J connectivity index is 2.12. The Bertz CT molecular complexity index is 568. The number of hydrogen-bond donors (Lipinski definition) is 3. The van der Waals surface area contributed by atoms with Crippen molar-refractivity contribution in [1.29, 1.82) is 0 Å². The van der Waals surface area contributed by atoms with Crippen LogP contribution in [0.3, 0.4) is 0 Å². The monoisotopic (exact) mass is 278 g/mol. The molecule has 1 heterocycles. The molecule has 0 fully saturated rings. The van der Waals surface area contributed by atoms with Crippen LogP contribution in [0.25, 0.3) is 0 Å². The van der Waals surface area contributed by atoms with E-state index in [-0.39, 0.29) is 23.6 Å². The molecule has 2 aromatic rings. The van der Waals surface area contributed by atoms with E-state index in [0.717, 1.165) is 10.7 Å². The van der Waals surface area contributed by atoms with Crippen molar-refractivity contribution in [1.82, 2.24) is 10.3 Å². The summed E-state index contributed by atoms with van der Waals surface area (Å²) in [5.41, 5.74) is 1.70. The molecule has 19 heavy (non-hydrogen) atoms. The summed E-state index contributed by atoms with van der Waals surface area (Å²) < 4.78 is 0. The molecule has 102 valence electrons. The summed E-state index contributed by atoms with van der Waals surface area (Å²) in [5, 5.41) is 25.7. The second-order valence-electron chi connectivity index (χ2n) is 4.68. The molecular weight excluding hydrogens is 260 g/mol. The molecule has 2 rings (SSSR count). The number of rotatable bonds is 4. The molecular formula is C14H18N2O2S. The number of aromatic nitrogens is 1. The first kappa shape index (κ1) is 13.8. The second-order valence-corrected chi connectivity index (χ2v) is 5.57. The van der Waals surface area contributed by atoms with Crippen LogP contribution in [0.1, 0.15) is 42.2 Å². The largest absolute Gasteiger partial charge is 0.508 e. The Morgan fingerprint density at radius 1 is 1.21 bits per heavy atom. The van der Waals surface area contributed by atoms with Gasteiger partial charge in [-0.2, -0.15) is 0 Å². The van der Waals surface area contributed by atoms with E-state index in [0.29, 0.717) is 5.56 Å². The zero-order valence-electron chi connectivity index (χ0n) is 11.2. The fourth-order valence-corrected chi connectivity index (χ4v) is 2.81. The van der Waals surface area contributed by atoms with E-state index >= 15 is 0 Å². The van der Waals surface area contributed by atoms with Gasteiger partial charge in [-0.1, -0.05) is 0 Å². The van der Waals surface area contributed by atoms with Crippen LogP contribution in [0.5, 0.6) is 11.5 Å². The predicted octanol–water partition coefficient (Wildman–Crippen LogP) is 3.27. The molecule has 0 aliphatic heterocycles. The Morgan fingerprint density at radius 2 is 1.95 bits per heavy atom. The molecule has 0 amide bonds. The molecule has 1 aromatic carbocycles. The predicted molar refractivity (Wildman–Crippen MR) is 76.6 cm³/mol. The molecule has 1 aromatic heterocycles. The number of benzene rings is 1. The van der Waals surface area contributed by atoms with Crippen LogP contribution >= 0.6 is 11.3 Å². The SMILES string of the molecule is Cc1csc(C(C)NC(C)c2cc(O)ccc2O)n1. The van der Waals surface area contributed by atoms with Crippen molar-refractivity contribution < 1.29 is 10.2 Å². The van der Waals surface area contributed by atoms with Gasteiger partial charge in [0.2, 0.25) is 0 Å². The highest BCUT2D eigenvalue weighted by molar-refractivity contribution is 7.09. The lowest BCUT2D eigenvalue weighted by Gasteiger charge is -2.19. The third kappa shape index (κ3) is 3.24. The number of phenolic OH excluding ortho intramolecular Hbond substituents is 2. The summed E-state index contributed by atoms with van der Waals surface area (Å²) in [7, 11) is 0. The van der Waals surface area contributed by atoms with Crippen molar-refractivity contribution >= 4 is 11.3 Å². The van der Waals surface area contributed by atoms with E-state index < -0.39 is 0 Å². The molecule has 0 aliphatic rings. The van der Waals surface area contributed by atoms with Gasteiger partial charge in [0.15, 0.2) is 0 Å². The van der Waals surface area contributed by atoms with Gasteiger partial charge >= 0.3 is 0 Å². The van der Waals surface area contributed by atoms with Crippen LogP contribution < -0.4 is 5.32 Å². The minimum atomic E-state index is -0.0775. The van der Waals surface area contributed by atoms with Gasteiger partial charge < -0.3 is 15.5 Å². The maximum Gasteiger partial charge on any atom is 0.120 e. The molecule has 0 saturated carbocycles. The van der Waals surface area contributed by atoms with Crippen LogP contribution in [0, 0.1) is 6.92 Å². The van der Waals surface area contributed by atoms with Crippen molar-refractivity contribution in [3.63, 3.8) is 0 Å². The summed E-state index contributed by atoms with van der Waals surface area (Å²) in [6.45, 7) is 5.96. The van der Waals surface area contributed by atoms with Gasteiger partial charge in [0.1, 0.15) is 16.5 Å². The van der Waals surface area contributed by atoms with Crippen molar-refractivity contribution in [3.8, 4) is 11.5 Å². The maximum atomic E-state index is 9.83. The fraction of sp³-hybridized carbons (Fsp3) is 0.357. The minimum Gasteiger partial charge on any atom is -0.508 e. The highest BCUT2D eigenvalue weighted by Crippen LogP contribution is 2.29. The Morgan fingerprint density at radius 3 is 2.58 bits per heavy atom. The summed E-state index contributed by atoms with van der Waals surface area (Å²) in [5.74, 6) is 0.333. The van der Waals surface area contributed by atoms with Crippen molar-refractivity contribution in [2.45, 2.75) is 32.9 Å². The molecule has 3 N–H and O–H groups in total. The topological polar surface area (TPSA) is 65.4 Å². The lowest BCUT2D eigenvalue weighted by molar-refractivity contribution is 0.429. The summed E-state index contributed by atoms with van der Waals surface area (Å²) in [4.78, 5) is 4.44. The first-order valence-electron chi connectivity index (χ1n) is 6.17. The van der Waals surface area contributed by atoms with Crippen LogP contribution in [-0.4, -0.2) is 15.2 Å². The number of nitrogens with one attached hydrogen (secondary N) is 1. The zero-order valence-corrected chi connectivity index (χ0v) is 12.0. The van der Waals surface area contributed by atoms with Gasteiger partial charge in [0.25, 0.3) is 0 Å². The maximum absolute atomic E-state index is 9.83. The van der Waals surface area contributed by atoms with E-state index in [1.165, 1.54) is 12.1 Å². The number of phenols is 2. The number of aryl methyl sites for hydroxylation is 1. The fourth-order valence-electron chi connectivity index (χ4n) is 2.00. The van der Waals surface area contributed by atoms with E-state index in [4.69, 9.17) is 0 Å². The lowest BCUT2D eigenvalue weighted by atomic mass is 10.1. The Labute approximate surface area is 116 Å². The highest BCUT2D eigenvalue weighted by atomic mass is 32.1. The van der Waals surface area contributed by atoms with Crippen LogP contribution in [0.15, 0.2) is 23.6 Å². The van der Waals surface area contributed by atoms with E-state index in [2.05, 4.69) is 10.3 Å². The average Bonchev–Trinajstić information content (AvgIpc) is 2.79. The molecule has 4 nitrogen and oxygen atoms in total. The third-order valence-corrected chi connectivity index (χ3v) is 4.13. The number of aromatic hydroxyl groups is 2. The van der Waals surface area contributed by atoms with E-state index in [9.17, 15) is 10.2 Å². The Kier molecular flexibility index (Phi) is 4.07. The van der Waals surface area contributed by atoms with Gasteiger partial charge in [0, 0.05) is 22.7 Å². The van der Waals surface area contributed by atoms with Crippen molar-refractivity contribution in [2.24, 2.45) is 0 Å². The Hall–Kier alpha value is -1.59. The molecule has 0 radical (unpaired) electrons. The summed E-state index contributed by atoms with van der Waals surface area (Å²) >= 11 is 1.62. The van der Waals surface area contributed by atoms with Crippen LogP contribution in [0.4, 0.5) is 0 Å². The second kappa shape index (κ2) is 5.59. The van der Waals surface area contributed by atoms with Crippen molar-refractivity contribution in [3.05, 3.63) is 39.8 Å². The normalized spacial score (nSPS) is 14.3. The van der Waals surface area contributed by atoms with Crippen molar-refractivity contribution in [2.75, 3.05) is 0 Å². The minimum absolute atomic E-state index is 0.0775. The summed E-state index contributed by atoms with van der Waals surface area (Å²) in [6.07, 6.45) is 0. The molecule has 0 aliphatic carbocycles.